The molecule has 2 aliphatic heterocycles. The third-order valence-corrected chi connectivity index (χ3v) is 7.33. The zero-order valence-electron chi connectivity index (χ0n) is 22.4. The predicted molar refractivity (Wildman–Crippen MR) is 149 cm³/mol. The Labute approximate surface area is 226 Å². The fourth-order valence-electron chi connectivity index (χ4n) is 4.91. The average molecular weight is 521 g/mol. The highest BCUT2D eigenvalue weighted by molar-refractivity contribution is 5.80. The molecule has 1 aliphatic carbocycles. The van der Waals surface area contributed by atoms with Crippen molar-refractivity contribution in [1.82, 2.24) is 0 Å². The molecule has 2 heterocycles. The van der Waals surface area contributed by atoms with Gasteiger partial charge in [0, 0.05) is 31.9 Å². The number of nitrogens with zero attached hydrogens (tertiary/aromatic N) is 2. The van der Waals surface area contributed by atoms with E-state index in [1.165, 1.54) is 36.8 Å². The first-order valence-electron chi connectivity index (χ1n) is 13.9. The van der Waals surface area contributed by atoms with Crippen LogP contribution >= 0.6 is 0 Å². The summed E-state index contributed by atoms with van der Waals surface area (Å²) in [6.45, 7) is 5.31. The van der Waals surface area contributed by atoms with Crippen molar-refractivity contribution in [3.05, 3.63) is 59.2 Å². The van der Waals surface area contributed by atoms with Gasteiger partial charge in [-0.25, -0.2) is 0 Å². The SMILES string of the molecule is COc1cc(/C=N/CC2CCCC(C/N=C/Cc3ccc(COCC4CO4)cc3)C2)ccc1OCC1CO1. The highest BCUT2D eigenvalue weighted by Crippen LogP contribution is 2.30. The Balaban J connectivity index is 1.00. The van der Waals surface area contributed by atoms with E-state index < -0.39 is 0 Å². The molecular weight excluding hydrogens is 480 g/mol. The molecule has 4 unspecified atom stereocenters. The number of hydrogen-bond acceptors (Lipinski definition) is 7. The fraction of sp³-hybridized carbons (Fsp3) is 0.548. The molecule has 204 valence electrons. The summed E-state index contributed by atoms with van der Waals surface area (Å²) in [7, 11) is 1.67. The predicted octanol–water partition coefficient (Wildman–Crippen LogP) is 4.93. The van der Waals surface area contributed by atoms with Crippen LogP contribution in [0.15, 0.2) is 52.4 Å². The van der Waals surface area contributed by atoms with Gasteiger partial charge in [0.15, 0.2) is 11.5 Å². The first-order chi connectivity index (χ1) is 18.7. The van der Waals surface area contributed by atoms with Gasteiger partial charge in [0.1, 0.15) is 18.8 Å². The molecule has 2 aromatic rings. The van der Waals surface area contributed by atoms with E-state index in [9.17, 15) is 0 Å². The minimum Gasteiger partial charge on any atom is -0.493 e. The highest BCUT2D eigenvalue weighted by Gasteiger charge is 2.24. The van der Waals surface area contributed by atoms with Gasteiger partial charge >= 0.3 is 0 Å². The molecule has 38 heavy (non-hydrogen) atoms. The van der Waals surface area contributed by atoms with E-state index in [0.717, 1.165) is 49.8 Å². The maximum Gasteiger partial charge on any atom is 0.161 e. The summed E-state index contributed by atoms with van der Waals surface area (Å²) < 4.78 is 27.3. The van der Waals surface area contributed by atoms with Crippen molar-refractivity contribution in [1.29, 1.82) is 0 Å². The molecule has 2 saturated heterocycles. The second-order valence-electron chi connectivity index (χ2n) is 10.6. The van der Waals surface area contributed by atoms with Crippen molar-refractivity contribution in [2.24, 2.45) is 21.8 Å². The van der Waals surface area contributed by atoms with Crippen LogP contribution in [-0.4, -0.2) is 71.3 Å². The summed E-state index contributed by atoms with van der Waals surface area (Å²) in [6, 6.07) is 14.6. The van der Waals surface area contributed by atoms with Gasteiger partial charge in [-0.2, -0.15) is 0 Å². The molecule has 0 N–H and O–H groups in total. The van der Waals surface area contributed by atoms with Crippen molar-refractivity contribution in [3.63, 3.8) is 0 Å². The Morgan fingerprint density at radius 3 is 2.32 bits per heavy atom. The Bertz CT molecular complexity index is 1060. The van der Waals surface area contributed by atoms with Gasteiger partial charge in [-0.1, -0.05) is 30.7 Å². The molecule has 1 saturated carbocycles. The lowest BCUT2D eigenvalue weighted by Gasteiger charge is -2.27. The van der Waals surface area contributed by atoms with E-state index in [1.54, 1.807) is 7.11 Å². The molecule has 5 rings (SSSR count). The number of rotatable bonds is 15. The first kappa shape index (κ1) is 26.9. The third kappa shape index (κ3) is 8.93. The molecule has 0 amide bonds. The van der Waals surface area contributed by atoms with Crippen LogP contribution in [0.25, 0.3) is 0 Å². The second-order valence-corrected chi connectivity index (χ2v) is 10.6. The number of benzene rings is 2. The van der Waals surface area contributed by atoms with Crippen molar-refractivity contribution >= 4 is 12.4 Å². The number of methoxy groups -OCH3 is 1. The van der Waals surface area contributed by atoms with E-state index in [1.807, 2.05) is 24.4 Å². The topological polar surface area (TPSA) is 77.5 Å². The maximum atomic E-state index is 5.80. The van der Waals surface area contributed by atoms with Gasteiger partial charge in [-0.05, 0) is 66.0 Å². The summed E-state index contributed by atoms with van der Waals surface area (Å²) in [4.78, 5) is 9.54. The quantitative estimate of drug-likeness (QED) is 0.246. The smallest absolute Gasteiger partial charge is 0.161 e. The molecule has 0 bridgehead atoms. The summed E-state index contributed by atoms with van der Waals surface area (Å²) >= 11 is 0. The van der Waals surface area contributed by atoms with E-state index >= 15 is 0 Å². The molecule has 7 heteroatoms. The van der Waals surface area contributed by atoms with Gasteiger partial charge in [0.2, 0.25) is 0 Å². The van der Waals surface area contributed by atoms with E-state index in [2.05, 4.69) is 30.5 Å². The molecule has 4 atom stereocenters. The number of epoxide rings is 2. The van der Waals surface area contributed by atoms with Gasteiger partial charge in [-0.3, -0.25) is 9.98 Å². The Morgan fingerprint density at radius 2 is 1.58 bits per heavy atom. The standard InChI is InChI=1S/C31H40N2O5/c1-34-31-14-27(9-10-30(31)38-22-29-21-37-29)17-33-16-26-4-2-3-25(13-26)15-32-12-11-23-5-7-24(8-6-23)18-35-19-28-20-36-28/h5-10,12,14,17,25-26,28-29H,2-4,11,13,15-16,18-22H2,1H3/b32-12+,33-17+. The molecule has 3 aliphatic rings. The van der Waals surface area contributed by atoms with Crippen LogP contribution in [0.2, 0.25) is 0 Å². The van der Waals surface area contributed by atoms with Crippen LogP contribution in [-0.2, 0) is 27.2 Å². The van der Waals surface area contributed by atoms with Crippen molar-refractivity contribution < 1.29 is 23.7 Å². The largest absolute Gasteiger partial charge is 0.493 e. The third-order valence-electron chi connectivity index (χ3n) is 7.33. The van der Waals surface area contributed by atoms with Crippen molar-refractivity contribution in [2.75, 3.05) is 46.6 Å². The summed E-state index contributed by atoms with van der Waals surface area (Å²) in [5, 5.41) is 0. The summed E-state index contributed by atoms with van der Waals surface area (Å²) in [6.07, 6.45) is 10.4. The summed E-state index contributed by atoms with van der Waals surface area (Å²) in [5.41, 5.74) is 3.51. The molecule has 0 aromatic heterocycles. The molecule has 0 radical (unpaired) electrons. The van der Waals surface area contributed by atoms with Gasteiger partial charge in [0.05, 0.1) is 33.5 Å². The van der Waals surface area contributed by atoms with Gasteiger partial charge in [-0.15, -0.1) is 0 Å². The second kappa shape index (κ2) is 13.9. The Hall–Kier alpha value is -2.74. The first-order valence-corrected chi connectivity index (χ1v) is 13.9. The van der Waals surface area contributed by atoms with E-state index in [-0.39, 0.29) is 6.10 Å². The van der Waals surface area contributed by atoms with Gasteiger partial charge in [0.25, 0.3) is 0 Å². The normalized spacial score (nSPS) is 24.7. The highest BCUT2D eigenvalue weighted by atomic mass is 16.6. The number of hydrogen-bond donors (Lipinski definition) is 0. The van der Waals surface area contributed by atoms with Crippen LogP contribution in [0, 0.1) is 11.8 Å². The number of ether oxygens (including phenoxy) is 5. The van der Waals surface area contributed by atoms with Gasteiger partial charge < -0.3 is 23.7 Å². The zero-order valence-corrected chi connectivity index (χ0v) is 22.4. The number of aliphatic imine (C=N–C) groups is 2. The van der Waals surface area contributed by atoms with Crippen LogP contribution in [0.5, 0.6) is 11.5 Å². The zero-order chi connectivity index (χ0) is 26.0. The fourth-order valence-corrected chi connectivity index (χ4v) is 4.91. The van der Waals surface area contributed by atoms with Crippen LogP contribution in [0.4, 0.5) is 0 Å². The Morgan fingerprint density at radius 1 is 0.868 bits per heavy atom. The molecule has 2 aromatic carbocycles. The van der Waals surface area contributed by atoms with E-state index in [4.69, 9.17) is 33.7 Å². The lowest BCUT2D eigenvalue weighted by Crippen LogP contribution is -2.20. The van der Waals surface area contributed by atoms with Crippen LogP contribution in [0.3, 0.4) is 0 Å². The molecular formula is C31H40N2O5. The average Bonchev–Trinajstić information content (AvgIpc) is 3.88. The lowest BCUT2D eigenvalue weighted by atomic mass is 9.81. The molecule has 0 spiro atoms. The molecule has 3 fully saturated rings. The lowest BCUT2D eigenvalue weighted by molar-refractivity contribution is 0.104. The van der Waals surface area contributed by atoms with Crippen molar-refractivity contribution in [3.8, 4) is 11.5 Å². The molecule has 7 nitrogen and oxygen atoms in total. The van der Waals surface area contributed by atoms with Crippen LogP contribution < -0.4 is 9.47 Å². The van der Waals surface area contributed by atoms with Crippen molar-refractivity contribution in [2.45, 2.75) is 50.9 Å². The maximum absolute atomic E-state index is 5.80. The monoisotopic (exact) mass is 520 g/mol. The summed E-state index contributed by atoms with van der Waals surface area (Å²) in [5.74, 6) is 2.76. The minimum atomic E-state index is 0.224. The van der Waals surface area contributed by atoms with Crippen LogP contribution in [0.1, 0.15) is 42.4 Å². The minimum absolute atomic E-state index is 0.224. The Kier molecular flexibility index (Phi) is 9.81. The van der Waals surface area contributed by atoms with E-state index in [0.29, 0.717) is 37.8 Å².